The first-order valence-corrected chi connectivity index (χ1v) is 10.5. The molecule has 8 heteroatoms. The Balaban J connectivity index is 2.57. The molecule has 2 rings (SSSR count). The van der Waals surface area contributed by atoms with Crippen LogP contribution in [0.5, 0.6) is 0 Å². The topological polar surface area (TPSA) is 68.3 Å². The van der Waals surface area contributed by atoms with Crippen molar-refractivity contribution in [3.63, 3.8) is 0 Å². The maximum absolute atomic E-state index is 12.5. The highest BCUT2D eigenvalue weighted by atomic mass is 35.5. The molecule has 4 nitrogen and oxygen atoms in total. The lowest BCUT2D eigenvalue weighted by atomic mass is 10.2. The van der Waals surface area contributed by atoms with E-state index in [1.54, 1.807) is 38.1 Å². The Labute approximate surface area is 151 Å². The lowest BCUT2D eigenvalue weighted by Crippen LogP contribution is -2.08. The molecule has 0 saturated carbocycles. The van der Waals surface area contributed by atoms with E-state index < -0.39 is 28.4 Å². The van der Waals surface area contributed by atoms with E-state index in [0.29, 0.717) is 0 Å². The first-order valence-electron chi connectivity index (χ1n) is 6.75. The fourth-order valence-corrected chi connectivity index (χ4v) is 5.48. The molecule has 0 atom stereocenters. The summed E-state index contributed by atoms with van der Waals surface area (Å²) < 4.78 is 48.1. The van der Waals surface area contributed by atoms with Gasteiger partial charge in [0.05, 0.1) is 9.79 Å². The van der Waals surface area contributed by atoms with Gasteiger partial charge in [-0.15, -0.1) is 0 Å². The summed E-state index contributed by atoms with van der Waals surface area (Å²) in [5.74, 6) is 0. The summed E-state index contributed by atoms with van der Waals surface area (Å²) in [6, 6.07) is 11.7. The van der Waals surface area contributed by atoms with Gasteiger partial charge in [0.25, 0.3) is 0 Å². The molecule has 0 aliphatic rings. The molecule has 0 aliphatic heterocycles. The second kappa shape index (κ2) is 6.88. The Hall–Kier alpha value is -1.34. The van der Waals surface area contributed by atoms with Gasteiger partial charge in [-0.25, -0.2) is 16.8 Å². The van der Waals surface area contributed by atoms with Crippen molar-refractivity contribution in [1.29, 1.82) is 0 Å². The molecule has 2 aromatic carbocycles. The zero-order valence-electron chi connectivity index (χ0n) is 12.8. The normalized spacial score (nSPS) is 13.5. The van der Waals surface area contributed by atoms with Crippen molar-refractivity contribution in [1.82, 2.24) is 0 Å². The van der Waals surface area contributed by atoms with Crippen LogP contribution in [0.1, 0.15) is 11.1 Å². The van der Waals surface area contributed by atoms with E-state index in [-0.39, 0.29) is 9.79 Å². The molecule has 0 spiro atoms. The quantitative estimate of drug-likeness (QED) is 0.766. The Morgan fingerprint density at radius 2 is 0.875 bits per heavy atom. The molecule has 0 heterocycles. The number of aryl methyl sites for hydroxylation is 2. The first-order chi connectivity index (χ1) is 11.1. The molecule has 0 aliphatic carbocycles. The van der Waals surface area contributed by atoms with Gasteiger partial charge >= 0.3 is 0 Å². The van der Waals surface area contributed by atoms with Gasteiger partial charge in [0.1, 0.15) is 0 Å². The number of rotatable bonds is 4. The lowest BCUT2D eigenvalue weighted by molar-refractivity contribution is 0.599. The van der Waals surface area contributed by atoms with Crippen LogP contribution in [0, 0.1) is 13.8 Å². The highest BCUT2D eigenvalue weighted by molar-refractivity contribution is 8.01. The van der Waals surface area contributed by atoms with E-state index in [1.165, 1.54) is 24.3 Å². The van der Waals surface area contributed by atoms with E-state index in [1.807, 2.05) is 0 Å². The maximum Gasteiger partial charge on any atom is 0.219 e. The van der Waals surface area contributed by atoms with Crippen LogP contribution in [0.25, 0.3) is 0 Å². The number of sulfone groups is 2. The van der Waals surface area contributed by atoms with Gasteiger partial charge in [-0.3, -0.25) is 0 Å². The van der Waals surface area contributed by atoms with Gasteiger partial charge in [0.15, 0.2) is 8.73 Å². The predicted octanol–water partition coefficient (Wildman–Crippen LogP) is 4.16. The number of hydrogen-bond acceptors (Lipinski definition) is 4. The lowest BCUT2D eigenvalue weighted by Gasteiger charge is -2.08. The summed E-state index contributed by atoms with van der Waals surface area (Å²) in [6.07, 6.45) is 0. The average molecular weight is 405 g/mol. The Bertz CT molecular complexity index is 906. The zero-order valence-corrected chi connectivity index (χ0v) is 16.0. The minimum absolute atomic E-state index is 0.129. The third-order valence-corrected chi connectivity index (χ3v) is 8.47. The molecule has 0 aromatic heterocycles. The van der Waals surface area contributed by atoms with Crippen molar-refractivity contribution in [2.45, 2.75) is 23.6 Å². The summed E-state index contributed by atoms with van der Waals surface area (Å²) in [7, 11) is -8.44. The van der Waals surface area contributed by atoms with Gasteiger partial charge in [-0.1, -0.05) is 58.6 Å². The predicted molar refractivity (Wildman–Crippen MR) is 95.5 cm³/mol. The van der Waals surface area contributed by atoms with Crippen molar-refractivity contribution < 1.29 is 16.8 Å². The van der Waals surface area contributed by atoms with E-state index in [4.69, 9.17) is 23.2 Å². The molecule has 0 N–H and O–H groups in total. The molecule has 0 bridgehead atoms. The van der Waals surface area contributed by atoms with Crippen LogP contribution < -0.4 is 0 Å². The standard InChI is InChI=1S/C16H14Cl2O4S2/c1-11-3-7-13(8-4-11)23(19,20)15(17)16(18)24(21,22)14-9-5-12(2)6-10-14/h3-10H,1-2H3/b16-15-. The minimum Gasteiger partial charge on any atom is -0.218 e. The zero-order chi connectivity index (χ0) is 18.1. The van der Waals surface area contributed by atoms with Crippen LogP contribution in [0.2, 0.25) is 0 Å². The molecule has 0 amide bonds. The van der Waals surface area contributed by atoms with Crippen molar-refractivity contribution in [2.75, 3.05) is 0 Å². The minimum atomic E-state index is -4.22. The summed E-state index contributed by atoms with van der Waals surface area (Å²) in [5, 5.41) is 0. The highest BCUT2D eigenvalue weighted by Gasteiger charge is 2.30. The van der Waals surface area contributed by atoms with Gasteiger partial charge in [0, 0.05) is 0 Å². The fourth-order valence-electron chi connectivity index (χ4n) is 1.85. The third-order valence-electron chi connectivity index (χ3n) is 3.29. The fraction of sp³-hybridized carbons (Fsp3) is 0.125. The molecule has 24 heavy (non-hydrogen) atoms. The number of hydrogen-bond donors (Lipinski definition) is 0. The Morgan fingerprint density at radius 3 is 1.12 bits per heavy atom. The maximum atomic E-state index is 12.5. The van der Waals surface area contributed by atoms with E-state index in [2.05, 4.69) is 0 Å². The van der Waals surface area contributed by atoms with Gasteiger partial charge in [-0.05, 0) is 38.1 Å². The smallest absolute Gasteiger partial charge is 0.218 e. The summed E-state index contributed by atoms with van der Waals surface area (Å²) >= 11 is 11.7. The van der Waals surface area contributed by atoms with E-state index >= 15 is 0 Å². The molecule has 0 fully saturated rings. The Morgan fingerprint density at radius 1 is 0.625 bits per heavy atom. The monoisotopic (exact) mass is 404 g/mol. The van der Waals surface area contributed by atoms with Crippen LogP contribution in [0.15, 0.2) is 67.1 Å². The van der Waals surface area contributed by atoms with Crippen LogP contribution in [0.4, 0.5) is 0 Å². The largest absolute Gasteiger partial charge is 0.219 e. The van der Waals surface area contributed by atoms with Crippen LogP contribution >= 0.6 is 23.2 Å². The third kappa shape index (κ3) is 3.67. The van der Waals surface area contributed by atoms with Crippen LogP contribution in [0.3, 0.4) is 0 Å². The second-order valence-corrected chi connectivity index (χ2v) is 10.2. The number of benzene rings is 2. The molecule has 0 radical (unpaired) electrons. The van der Waals surface area contributed by atoms with Gasteiger partial charge in [0.2, 0.25) is 19.7 Å². The number of halogens is 2. The highest BCUT2D eigenvalue weighted by Crippen LogP contribution is 2.33. The molecular weight excluding hydrogens is 391 g/mol. The van der Waals surface area contributed by atoms with Crippen molar-refractivity contribution >= 4 is 42.9 Å². The molecular formula is C16H14Cl2O4S2. The summed E-state index contributed by atoms with van der Waals surface area (Å²) in [4.78, 5) is -0.259. The van der Waals surface area contributed by atoms with Crippen LogP contribution in [-0.2, 0) is 19.7 Å². The van der Waals surface area contributed by atoms with E-state index in [9.17, 15) is 16.8 Å². The van der Waals surface area contributed by atoms with Gasteiger partial charge < -0.3 is 0 Å². The van der Waals surface area contributed by atoms with Crippen molar-refractivity contribution in [3.8, 4) is 0 Å². The molecule has 0 saturated heterocycles. The Kier molecular flexibility index (Phi) is 5.44. The van der Waals surface area contributed by atoms with Gasteiger partial charge in [-0.2, -0.15) is 0 Å². The first kappa shape index (κ1) is 19.0. The SMILES string of the molecule is Cc1ccc(S(=O)(=O)/C(Cl)=C(/Cl)S(=O)(=O)c2ccc(C)cc2)cc1. The molecule has 0 unspecified atom stereocenters. The summed E-state index contributed by atoms with van der Waals surface area (Å²) in [5.41, 5.74) is 1.71. The molecule has 2 aromatic rings. The second-order valence-electron chi connectivity index (χ2n) is 5.18. The van der Waals surface area contributed by atoms with E-state index in [0.717, 1.165) is 11.1 Å². The van der Waals surface area contributed by atoms with Crippen LogP contribution in [-0.4, -0.2) is 16.8 Å². The van der Waals surface area contributed by atoms with Crippen molar-refractivity contribution in [2.24, 2.45) is 0 Å². The summed E-state index contributed by atoms with van der Waals surface area (Å²) in [6.45, 7) is 3.59. The van der Waals surface area contributed by atoms with Crippen molar-refractivity contribution in [3.05, 3.63) is 68.4 Å². The average Bonchev–Trinajstić information content (AvgIpc) is 2.54. The molecule has 128 valence electrons.